The van der Waals surface area contributed by atoms with Crippen molar-refractivity contribution in [2.24, 2.45) is 0 Å². The van der Waals surface area contributed by atoms with Crippen molar-refractivity contribution in [2.45, 2.75) is 221 Å². The molecule has 0 spiro atoms. The van der Waals surface area contributed by atoms with Gasteiger partial charge in [0.05, 0.1) is 45.7 Å². The Labute approximate surface area is 445 Å². The van der Waals surface area contributed by atoms with Crippen LogP contribution in [-0.2, 0) is 66.3 Å². The van der Waals surface area contributed by atoms with Gasteiger partial charge in [0.1, 0.15) is 171 Å². The summed E-state index contributed by atoms with van der Waals surface area (Å²) >= 11 is 0. The van der Waals surface area contributed by atoms with Gasteiger partial charge in [0, 0.05) is 0 Å². The normalized spacial score (nSPS) is 54.6. The first kappa shape index (κ1) is 63.1. The van der Waals surface area contributed by atoms with Gasteiger partial charge in [-0.3, -0.25) is 0 Å². The molecule has 36 nitrogen and oxygen atoms in total. The van der Waals surface area contributed by atoms with E-state index in [2.05, 4.69) is 0 Å². The van der Waals surface area contributed by atoms with Crippen molar-refractivity contribution in [3.63, 3.8) is 0 Å². The minimum absolute atomic E-state index is 1.06. The Balaban J connectivity index is 1.09. The highest BCUT2D eigenvalue weighted by atomic mass is 16.8. The summed E-state index contributed by atoms with van der Waals surface area (Å²) in [5, 5.41) is 241. The predicted octanol–water partition coefficient (Wildman–Crippen LogP) is -15.3. The molecule has 1 unspecified atom stereocenters. The maximum absolute atomic E-state index is 11.4. The fourth-order valence-electron chi connectivity index (χ4n) is 10.5. The fourth-order valence-corrected chi connectivity index (χ4v) is 10.5. The lowest BCUT2D eigenvalue weighted by Crippen LogP contribution is -2.68. The van der Waals surface area contributed by atoms with E-state index in [0.29, 0.717) is 0 Å². The average Bonchev–Trinajstić information content (AvgIpc) is 3.57. The van der Waals surface area contributed by atoms with E-state index in [4.69, 9.17) is 66.3 Å². The van der Waals surface area contributed by atoms with Crippen LogP contribution in [0.2, 0.25) is 0 Å². The van der Waals surface area contributed by atoms with Crippen LogP contribution in [-0.4, -0.2) is 368 Å². The van der Waals surface area contributed by atoms with E-state index in [1.54, 1.807) is 0 Å². The highest BCUT2D eigenvalue weighted by Crippen LogP contribution is 2.39. The van der Waals surface area contributed by atoms with Gasteiger partial charge in [-0.2, -0.15) is 5.26 Å². The van der Waals surface area contributed by atoms with E-state index in [0.717, 1.165) is 0 Å². The smallest absolute Gasteiger partial charge is 0.187 e. The van der Waals surface area contributed by atoms with Crippen molar-refractivity contribution >= 4 is 0 Å². The monoisotopic (exact) mass is 1160 g/mol. The molecule has 0 aromatic rings. The largest absolute Gasteiger partial charge is 0.394 e. The second-order valence-electron chi connectivity index (χ2n) is 20.0. The predicted molar refractivity (Wildman–Crippen MR) is 233 cm³/mol. The first-order chi connectivity index (χ1) is 37.6. The molecule has 0 aromatic heterocycles. The molecule has 0 radical (unpaired) electrons. The SMILES string of the molecule is N#CC(O)[C@H]1O[C@@H]2O[C@H]3[C@H](O)[C@@H](O)[C@@H](O[C@H]4[C@H](O)[C@@H](O)[C@@H](O[C@H]5[C@H](O)[C@@H](O)[C@@H](O[C@H]6[C@H](O)[C@@H](O)[C@@H](O[C@H]7[C@H](O)[C@@H](O)[C@@H](O[C@H]8[C@H](O)[C@@H](O)[C@@H](O[C@H]1[C@H](O)[C@H]2O)O[C@@H]8CO)O[C@@H]7CO)O[C@@H]6CO)O[C@@H]5CO)O[C@@H]4CO)O[C@@H]3CO. The summed E-state index contributed by atoms with van der Waals surface area (Å²) in [6.07, 6.45) is -74.8. The van der Waals surface area contributed by atoms with Gasteiger partial charge in [-0.1, -0.05) is 0 Å². The van der Waals surface area contributed by atoms with Gasteiger partial charge in [0.15, 0.2) is 50.1 Å². The molecule has 36 atom stereocenters. The number of hydrogen-bond donors (Lipinski definition) is 21. The Bertz CT molecular complexity index is 1950. The van der Waals surface area contributed by atoms with Crippen LogP contribution in [0.3, 0.4) is 0 Å². The highest BCUT2D eigenvalue weighted by molar-refractivity contribution is 5.04. The van der Waals surface area contributed by atoms with Crippen LogP contribution in [0.1, 0.15) is 0 Å². The van der Waals surface area contributed by atoms with Gasteiger partial charge in [-0.25, -0.2) is 0 Å². The number of nitriles is 1. The molecule has 0 saturated carbocycles. The van der Waals surface area contributed by atoms with Crippen LogP contribution in [0.5, 0.6) is 0 Å². The molecule has 21 heterocycles. The van der Waals surface area contributed by atoms with Crippen LogP contribution >= 0.6 is 0 Å². The van der Waals surface area contributed by atoms with Gasteiger partial charge in [0.25, 0.3) is 0 Å². The van der Waals surface area contributed by atoms with Crippen molar-refractivity contribution in [1.82, 2.24) is 0 Å². The summed E-state index contributed by atoms with van der Waals surface area (Å²) < 4.78 is 79.3. The highest BCUT2D eigenvalue weighted by Gasteiger charge is 2.60. The number of ether oxygens (including phenoxy) is 14. The molecule has 21 N–H and O–H groups in total. The summed E-state index contributed by atoms with van der Waals surface area (Å²) in [6, 6.07) is 1.41. The molecule has 0 amide bonds. The Morgan fingerprint density at radius 1 is 0.253 bits per heavy atom. The molecule has 456 valence electrons. The van der Waals surface area contributed by atoms with E-state index < -0.39 is 261 Å². The first-order valence-electron chi connectivity index (χ1n) is 25.0. The van der Waals surface area contributed by atoms with Crippen LogP contribution in [0.15, 0.2) is 0 Å². The van der Waals surface area contributed by atoms with E-state index in [-0.39, 0.29) is 0 Å². The van der Waals surface area contributed by atoms with Crippen LogP contribution in [0.25, 0.3) is 0 Å². The molecule has 21 saturated heterocycles. The zero-order valence-electron chi connectivity index (χ0n) is 41.1. The van der Waals surface area contributed by atoms with E-state index in [1.165, 1.54) is 6.07 Å². The average molecular weight is 1160 g/mol. The Morgan fingerprint density at radius 2 is 0.418 bits per heavy atom. The van der Waals surface area contributed by atoms with Gasteiger partial charge in [-0.05, 0) is 0 Å². The third-order valence-electron chi connectivity index (χ3n) is 15.0. The first-order valence-corrected chi connectivity index (χ1v) is 25.0. The lowest BCUT2D eigenvalue weighted by Gasteiger charge is -2.50. The molecule has 21 aliphatic rings. The quantitative estimate of drug-likeness (QED) is 0.105. The number of rotatable bonds is 7. The second-order valence-corrected chi connectivity index (χ2v) is 20.0. The lowest BCUT2D eigenvalue weighted by molar-refractivity contribution is -0.398. The summed E-state index contributed by atoms with van der Waals surface area (Å²) in [5.41, 5.74) is 0. The molecule has 79 heavy (non-hydrogen) atoms. The molecule has 14 bridgehead atoms. The molecule has 21 aliphatic heterocycles. The zero-order valence-corrected chi connectivity index (χ0v) is 41.1. The number of hydrogen-bond acceptors (Lipinski definition) is 36. The van der Waals surface area contributed by atoms with Gasteiger partial charge < -0.3 is 174 Å². The molecular weight excluding hydrogens is 1090 g/mol. The standard InChI is InChI=1S/C43H69NO35/c44-1-8(51)29-36-21(58)28(65)43(72-29)78-35-14(7-50)70-41(26(63)19(35)56)76-33-12(5-48)68-39(24(61)17(33)54)74-31-10(3-46)66-37(22(59)15(31)52)73-30-9(2-45)67-38(23(60)16(30)53)75-32-11(4-47)69-40(25(62)18(32)55)77-34-13(6-49)71-42(79-36)27(64)20(34)57/h8-43,45-65H,2-7H2/t8?,9-,10-,11-,12-,13-,14-,15-,16-,17-,18-,19-,20-,21-,22-,23-,24-,25-,26-,27-,28-,29-,30-,31-,32-,33-,34-,35-,36+,37-,38-,39-,40-,41-,42-,43-/m1/s1. The van der Waals surface area contributed by atoms with E-state index in [9.17, 15) is 112 Å². The van der Waals surface area contributed by atoms with Gasteiger partial charge in [0.2, 0.25) is 0 Å². The lowest BCUT2D eigenvalue weighted by atomic mass is 9.93. The molecule has 21 fully saturated rings. The summed E-state index contributed by atoms with van der Waals surface area (Å²) in [7, 11) is 0. The van der Waals surface area contributed by atoms with Gasteiger partial charge >= 0.3 is 0 Å². The van der Waals surface area contributed by atoms with Gasteiger partial charge in [-0.15, -0.1) is 0 Å². The van der Waals surface area contributed by atoms with Crippen molar-refractivity contribution in [2.75, 3.05) is 39.6 Å². The topological polar surface area (TPSA) is 578 Å². The minimum atomic E-state index is -2.33. The number of nitrogens with zero attached hydrogens (tertiary/aromatic N) is 1. The molecule has 21 rings (SSSR count). The van der Waals surface area contributed by atoms with E-state index >= 15 is 0 Å². The fraction of sp³-hybridized carbons (Fsp3) is 0.977. The summed E-state index contributed by atoms with van der Waals surface area (Å²) in [5.74, 6) is 0. The van der Waals surface area contributed by atoms with Crippen LogP contribution in [0, 0.1) is 11.3 Å². The number of aliphatic hydroxyl groups is 21. The summed E-state index contributed by atoms with van der Waals surface area (Å²) in [6.45, 7) is -6.47. The van der Waals surface area contributed by atoms with E-state index in [1.807, 2.05) is 0 Å². The maximum Gasteiger partial charge on any atom is 0.187 e. The summed E-state index contributed by atoms with van der Waals surface area (Å²) in [4.78, 5) is 0. The number of aliphatic hydroxyl groups excluding tert-OH is 21. The Hall–Kier alpha value is -1.91. The maximum atomic E-state index is 11.4. The Morgan fingerprint density at radius 3 is 0.595 bits per heavy atom. The molecule has 36 heteroatoms. The van der Waals surface area contributed by atoms with Crippen LogP contribution in [0.4, 0.5) is 0 Å². The van der Waals surface area contributed by atoms with Crippen molar-refractivity contribution in [1.29, 1.82) is 5.26 Å². The zero-order chi connectivity index (χ0) is 57.6. The second kappa shape index (κ2) is 26.6. The molecular formula is C43H69NO35. The minimum Gasteiger partial charge on any atom is -0.394 e. The third-order valence-corrected chi connectivity index (χ3v) is 15.0. The van der Waals surface area contributed by atoms with Crippen LogP contribution < -0.4 is 0 Å². The Kier molecular flexibility index (Phi) is 21.2. The van der Waals surface area contributed by atoms with Crippen molar-refractivity contribution < 1.29 is 174 Å². The van der Waals surface area contributed by atoms with Crippen molar-refractivity contribution in [3.05, 3.63) is 0 Å². The van der Waals surface area contributed by atoms with Crippen molar-refractivity contribution in [3.8, 4) is 6.07 Å². The molecule has 0 aliphatic carbocycles. The third kappa shape index (κ3) is 12.3. The molecule has 0 aromatic carbocycles.